The first kappa shape index (κ1) is 13.3. The molecule has 1 heterocycles. The molecule has 0 amide bonds. The average molecular weight is 282 g/mol. The molecule has 0 spiro atoms. The molecule has 2 aromatic rings. The highest BCUT2D eigenvalue weighted by atomic mass is 35.5. The van der Waals surface area contributed by atoms with Gasteiger partial charge in [0, 0.05) is 22.4 Å². The van der Waals surface area contributed by atoms with E-state index in [2.05, 4.69) is 10.4 Å². The van der Waals surface area contributed by atoms with Gasteiger partial charge in [-0.25, -0.2) is 0 Å². The van der Waals surface area contributed by atoms with E-state index in [1.54, 1.807) is 18.5 Å². The number of benzene rings is 1. The van der Waals surface area contributed by atoms with Crippen LogP contribution >= 0.6 is 23.2 Å². The molecular formula is C13H13Cl2N3. The molecule has 0 fully saturated rings. The zero-order valence-corrected chi connectivity index (χ0v) is 11.1. The van der Waals surface area contributed by atoms with Gasteiger partial charge >= 0.3 is 0 Å². The van der Waals surface area contributed by atoms with Gasteiger partial charge in [0.15, 0.2) is 0 Å². The van der Waals surface area contributed by atoms with Crippen molar-refractivity contribution in [1.82, 2.24) is 10.4 Å². The third-order valence-corrected chi connectivity index (χ3v) is 3.11. The molecule has 0 aliphatic rings. The maximum atomic E-state index is 5.99. The molecule has 1 unspecified atom stereocenters. The van der Waals surface area contributed by atoms with Gasteiger partial charge in [-0.1, -0.05) is 23.2 Å². The molecule has 0 aliphatic heterocycles. The Hall–Kier alpha value is -1.13. The second-order valence-electron chi connectivity index (χ2n) is 3.98. The van der Waals surface area contributed by atoms with Gasteiger partial charge in [0.25, 0.3) is 0 Å². The third-order valence-electron chi connectivity index (χ3n) is 2.68. The smallest absolute Gasteiger partial charge is 0.0501 e. The summed E-state index contributed by atoms with van der Waals surface area (Å²) in [6.07, 6.45) is 4.26. The number of hydrazine groups is 1. The number of rotatable bonds is 4. The fraction of sp³-hybridized carbons (Fsp3) is 0.154. The summed E-state index contributed by atoms with van der Waals surface area (Å²) in [5.74, 6) is 5.60. The van der Waals surface area contributed by atoms with Crippen LogP contribution in [0.25, 0.3) is 0 Å². The standard InChI is InChI=1S/C13H13Cl2N3/c14-11-6-10(7-12(15)8-11)13(18-16)5-9-1-3-17-4-2-9/h1-4,6-8,13,18H,5,16H2. The van der Waals surface area contributed by atoms with Crippen LogP contribution in [0.2, 0.25) is 10.0 Å². The van der Waals surface area contributed by atoms with Gasteiger partial charge in [0.2, 0.25) is 0 Å². The van der Waals surface area contributed by atoms with E-state index in [9.17, 15) is 0 Å². The maximum absolute atomic E-state index is 5.99. The minimum absolute atomic E-state index is 0.0383. The van der Waals surface area contributed by atoms with Crippen LogP contribution in [0, 0.1) is 0 Å². The van der Waals surface area contributed by atoms with Gasteiger partial charge in [-0.05, 0) is 47.9 Å². The molecule has 0 aliphatic carbocycles. The fourth-order valence-electron chi connectivity index (χ4n) is 1.80. The Morgan fingerprint density at radius 1 is 1.11 bits per heavy atom. The highest BCUT2D eigenvalue weighted by Crippen LogP contribution is 2.25. The molecule has 0 radical (unpaired) electrons. The topological polar surface area (TPSA) is 50.9 Å². The van der Waals surface area contributed by atoms with Crippen molar-refractivity contribution in [2.24, 2.45) is 5.84 Å². The fourth-order valence-corrected chi connectivity index (χ4v) is 2.35. The van der Waals surface area contributed by atoms with Crippen LogP contribution in [0.5, 0.6) is 0 Å². The number of hydrogen-bond donors (Lipinski definition) is 2. The summed E-state index contributed by atoms with van der Waals surface area (Å²) in [6, 6.07) is 9.29. The maximum Gasteiger partial charge on any atom is 0.0501 e. The van der Waals surface area contributed by atoms with Gasteiger partial charge in [-0.15, -0.1) is 0 Å². The third kappa shape index (κ3) is 3.43. The van der Waals surface area contributed by atoms with Gasteiger partial charge in [-0.2, -0.15) is 0 Å². The monoisotopic (exact) mass is 281 g/mol. The van der Waals surface area contributed by atoms with E-state index in [0.717, 1.165) is 17.5 Å². The molecule has 1 aromatic heterocycles. The minimum atomic E-state index is -0.0383. The first-order chi connectivity index (χ1) is 8.69. The average Bonchev–Trinajstić information content (AvgIpc) is 2.36. The highest BCUT2D eigenvalue weighted by molar-refractivity contribution is 6.34. The van der Waals surface area contributed by atoms with Crippen molar-refractivity contribution in [3.05, 3.63) is 63.9 Å². The number of nitrogens with two attached hydrogens (primary N) is 1. The summed E-state index contributed by atoms with van der Waals surface area (Å²) in [7, 11) is 0. The SMILES string of the molecule is NNC(Cc1ccncc1)c1cc(Cl)cc(Cl)c1. The minimum Gasteiger partial charge on any atom is -0.271 e. The van der Waals surface area contributed by atoms with Crippen molar-refractivity contribution < 1.29 is 0 Å². The largest absolute Gasteiger partial charge is 0.271 e. The number of nitrogens with one attached hydrogen (secondary N) is 1. The van der Waals surface area contributed by atoms with Gasteiger partial charge in [0.05, 0.1) is 6.04 Å². The summed E-state index contributed by atoms with van der Waals surface area (Å²) < 4.78 is 0. The van der Waals surface area contributed by atoms with Crippen LogP contribution in [-0.2, 0) is 6.42 Å². The van der Waals surface area contributed by atoms with Crippen LogP contribution in [-0.4, -0.2) is 4.98 Å². The van der Waals surface area contributed by atoms with Crippen molar-refractivity contribution in [3.63, 3.8) is 0 Å². The Morgan fingerprint density at radius 2 is 1.72 bits per heavy atom. The van der Waals surface area contributed by atoms with Crippen LogP contribution in [0.3, 0.4) is 0 Å². The van der Waals surface area contributed by atoms with Crippen LogP contribution in [0.1, 0.15) is 17.2 Å². The molecule has 5 heteroatoms. The van der Waals surface area contributed by atoms with Crippen molar-refractivity contribution in [1.29, 1.82) is 0 Å². The van der Waals surface area contributed by atoms with E-state index in [0.29, 0.717) is 10.0 Å². The number of halogens is 2. The van der Waals surface area contributed by atoms with Crippen molar-refractivity contribution in [2.75, 3.05) is 0 Å². The van der Waals surface area contributed by atoms with E-state index >= 15 is 0 Å². The second-order valence-corrected chi connectivity index (χ2v) is 4.85. The Labute approximate surface area is 116 Å². The quantitative estimate of drug-likeness (QED) is 0.669. The van der Waals surface area contributed by atoms with E-state index in [4.69, 9.17) is 29.0 Å². The molecular weight excluding hydrogens is 269 g/mol. The van der Waals surface area contributed by atoms with Crippen LogP contribution in [0.4, 0.5) is 0 Å². The Kier molecular flexibility index (Phi) is 4.55. The lowest BCUT2D eigenvalue weighted by Crippen LogP contribution is -2.29. The van der Waals surface area contributed by atoms with E-state index in [1.165, 1.54) is 0 Å². The number of aromatic nitrogens is 1. The lowest BCUT2D eigenvalue weighted by molar-refractivity contribution is 0.552. The summed E-state index contributed by atoms with van der Waals surface area (Å²) >= 11 is 12.0. The van der Waals surface area contributed by atoms with Crippen LogP contribution < -0.4 is 11.3 Å². The van der Waals surface area contributed by atoms with Gasteiger partial charge in [0.1, 0.15) is 0 Å². The first-order valence-corrected chi connectivity index (χ1v) is 6.25. The molecule has 0 saturated carbocycles. The molecule has 94 valence electrons. The number of nitrogens with zero attached hydrogens (tertiary/aromatic N) is 1. The summed E-state index contributed by atoms with van der Waals surface area (Å²) in [5.41, 5.74) is 4.89. The summed E-state index contributed by atoms with van der Waals surface area (Å²) in [5, 5.41) is 1.21. The molecule has 3 nitrogen and oxygen atoms in total. The van der Waals surface area contributed by atoms with Crippen molar-refractivity contribution >= 4 is 23.2 Å². The predicted octanol–water partition coefficient (Wildman–Crippen LogP) is 3.14. The normalized spacial score (nSPS) is 12.4. The highest BCUT2D eigenvalue weighted by Gasteiger charge is 2.12. The zero-order valence-electron chi connectivity index (χ0n) is 9.61. The predicted molar refractivity (Wildman–Crippen MR) is 74.5 cm³/mol. The van der Waals surface area contributed by atoms with Gasteiger partial charge < -0.3 is 0 Å². The van der Waals surface area contributed by atoms with E-state index in [1.807, 2.05) is 24.3 Å². The second kappa shape index (κ2) is 6.16. The van der Waals surface area contributed by atoms with Crippen LogP contribution in [0.15, 0.2) is 42.7 Å². The summed E-state index contributed by atoms with van der Waals surface area (Å²) in [4.78, 5) is 3.99. The zero-order chi connectivity index (χ0) is 13.0. The Bertz CT molecular complexity index is 497. The Morgan fingerprint density at radius 3 is 2.28 bits per heavy atom. The Balaban J connectivity index is 2.23. The van der Waals surface area contributed by atoms with E-state index in [-0.39, 0.29) is 6.04 Å². The molecule has 1 aromatic carbocycles. The van der Waals surface area contributed by atoms with Crippen molar-refractivity contribution in [3.8, 4) is 0 Å². The molecule has 0 bridgehead atoms. The number of hydrogen-bond acceptors (Lipinski definition) is 3. The van der Waals surface area contributed by atoms with Gasteiger partial charge in [-0.3, -0.25) is 16.3 Å². The molecule has 3 N–H and O–H groups in total. The first-order valence-electron chi connectivity index (χ1n) is 5.50. The lowest BCUT2D eigenvalue weighted by atomic mass is 10.0. The lowest BCUT2D eigenvalue weighted by Gasteiger charge is -2.17. The van der Waals surface area contributed by atoms with E-state index < -0.39 is 0 Å². The van der Waals surface area contributed by atoms with Crippen molar-refractivity contribution in [2.45, 2.75) is 12.5 Å². The molecule has 18 heavy (non-hydrogen) atoms. The number of pyridine rings is 1. The molecule has 2 rings (SSSR count). The molecule has 0 saturated heterocycles. The molecule has 1 atom stereocenters. The summed E-state index contributed by atoms with van der Waals surface area (Å²) in [6.45, 7) is 0.